The quantitative estimate of drug-likeness (QED) is 0.807. The highest BCUT2D eigenvalue weighted by molar-refractivity contribution is 7.89. The molecule has 0 saturated heterocycles. The summed E-state index contributed by atoms with van der Waals surface area (Å²) in [5.74, 6) is 0.484. The van der Waals surface area contributed by atoms with Gasteiger partial charge in [-0.25, -0.2) is 13.1 Å². The highest BCUT2D eigenvalue weighted by Gasteiger charge is 2.22. The minimum atomic E-state index is -3.52. The molecule has 102 valence electrons. The third-order valence-corrected chi connectivity index (χ3v) is 4.62. The fourth-order valence-corrected chi connectivity index (χ4v) is 2.68. The topological polar surface area (TPSA) is 81.0 Å². The van der Waals surface area contributed by atoms with Crippen molar-refractivity contribution >= 4 is 10.0 Å². The van der Waals surface area contributed by atoms with Crippen molar-refractivity contribution in [2.75, 3.05) is 7.05 Å². The van der Waals surface area contributed by atoms with E-state index in [1.807, 2.05) is 6.92 Å². The van der Waals surface area contributed by atoms with Crippen molar-refractivity contribution in [2.24, 2.45) is 7.05 Å². The number of aromatic nitrogens is 4. The lowest BCUT2D eigenvalue weighted by atomic mass is 10.2. The minimum Gasteiger partial charge on any atom is -0.231 e. The number of benzene rings is 1. The van der Waals surface area contributed by atoms with Gasteiger partial charge in [0.05, 0.1) is 11.4 Å². The van der Waals surface area contributed by atoms with Gasteiger partial charge in [-0.15, -0.1) is 5.10 Å². The summed E-state index contributed by atoms with van der Waals surface area (Å²) >= 11 is 0. The number of sulfonamides is 1. The van der Waals surface area contributed by atoms with Crippen LogP contribution in [0.1, 0.15) is 11.4 Å². The smallest absolute Gasteiger partial charge is 0.231 e. The van der Waals surface area contributed by atoms with Gasteiger partial charge in [0.25, 0.3) is 0 Å². The van der Waals surface area contributed by atoms with Crippen LogP contribution < -0.4 is 0 Å². The summed E-state index contributed by atoms with van der Waals surface area (Å²) < 4.78 is 27.3. The second-order valence-corrected chi connectivity index (χ2v) is 6.34. The number of nitrogens with zero attached hydrogens (tertiary/aromatic N) is 5. The van der Waals surface area contributed by atoms with E-state index in [0.717, 1.165) is 5.56 Å². The number of hydrogen-bond acceptors (Lipinski definition) is 5. The zero-order valence-corrected chi connectivity index (χ0v) is 11.8. The first-order valence-corrected chi connectivity index (χ1v) is 7.09. The van der Waals surface area contributed by atoms with Gasteiger partial charge in [0, 0.05) is 14.1 Å². The van der Waals surface area contributed by atoms with Crippen LogP contribution in [0.3, 0.4) is 0 Å². The molecule has 1 aromatic carbocycles. The van der Waals surface area contributed by atoms with E-state index in [-0.39, 0.29) is 11.4 Å². The van der Waals surface area contributed by atoms with Gasteiger partial charge >= 0.3 is 0 Å². The summed E-state index contributed by atoms with van der Waals surface area (Å²) in [4.78, 5) is 0.260. The molecule has 0 fully saturated rings. The second-order valence-electron chi connectivity index (χ2n) is 4.29. The van der Waals surface area contributed by atoms with Crippen molar-refractivity contribution in [2.45, 2.75) is 18.4 Å². The lowest BCUT2D eigenvalue weighted by molar-refractivity contribution is 0.447. The highest BCUT2D eigenvalue weighted by atomic mass is 32.2. The molecule has 0 spiro atoms. The SMILES string of the molecule is Cc1ccc(S(=O)(=O)N(C)Cc2nnnn2C)cc1. The molecular weight excluding hydrogens is 266 g/mol. The molecular formula is C11H15N5O2S. The van der Waals surface area contributed by atoms with E-state index in [2.05, 4.69) is 15.5 Å². The number of rotatable bonds is 4. The maximum Gasteiger partial charge on any atom is 0.243 e. The van der Waals surface area contributed by atoms with E-state index in [1.165, 1.54) is 16.0 Å². The van der Waals surface area contributed by atoms with Gasteiger partial charge in [-0.2, -0.15) is 4.31 Å². The molecule has 8 heteroatoms. The Morgan fingerprint density at radius 1 is 1.26 bits per heavy atom. The molecule has 0 N–H and O–H groups in total. The molecule has 0 radical (unpaired) electrons. The fourth-order valence-electron chi connectivity index (χ4n) is 1.56. The molecule has 0 bridgehead atoms. The molecule has 1 aromatic heterocycles. The van der Waals surface area contributed by atoms with E-state index in [4.69, 9.17) is 0 Å². The van der Waals surface area contributed by atoms with Crippen LogP contribution >= 0.6 is 0 Å². The average molecular weight is 281 g/mol. The van der Waals surface area contributed by atoms with Gasteiger partial charge in [0.15, 0.2) is 5.82 Å². The first-order valence-electron chi connectivity index (χ1n) is 5.65. The summed E-state index contributed by atoms with van der Waals surface area (Å²) in [7, 11) is -0.352. The van der Waals surface area contributed by atoms with Gasteiger partial charge in [0.1, 0.15) is 0 Å². The molecule has 0 aliphatic carbocycles. The fraction of sp³-hybridized carbons (Fsp3) is 0.364. The van der Waals surface area contributed by atoms with Crippen LogP contribution in [0.15, 0.2) is 29.2 Å². The van der Waals surface area contributed by atoms with E-state index >= 15 is 0 Å². The summed E-state index contributed by atoms with van der Waals surface area (Å²) in [5, 5.41) is 10.9. The van der Waals surface area contributed by atoms with Crippen molar-refractivity contribution in [1.82, 2.24) is 24.5 Å². The standard InChI is InChI=1S/C11H15N5O2S/c1-9-4-6-10(7-5-9)19(17,18)15(2)8-11-12-13-14-16(11)3/h4-7H,8H2,1-3H3. The Morgan fingerprint density at radius 2 is 1.89 bits per heavy atom. The lowest BCUT2D eigenvalue weighted by Crippen LogP contribution is -2.27. The summed E-state index contributed by atoms with van der Waals surface area (Å²) in [6, 6.07) is 6.72. The largest absolute Gasteiger partial charge is 0.243 e. The average Bonchev–Trinajstić information content (AvgIpc) is 2.75. The Hall–Kier alpha value is -1.80. The third kappa shape index (κ3) is 2.79. The Labute approximate surface area is 111 Å². The molecule has 2 aromatic rings. The van der Waals surface area contributed by atoms with Crippen LogP contribution in [0.2, 0.25) is 0 Å². The van der Waals surface area contributed by atoms with Crippen LogP contribution in [-0.4, -0.2) is 40.0 Å². The molecule has 0 atom stereocenters. The van der Waals surface area contributed by atoms with Gasteiger partial charge in [-0.05, 0) is 29.5 Å². The van der Waals surface area contributed by atoms with E-state index in [9.17, 15) is 8.42 Å². The Bertz CT molecular complexity index is 663. The predicted octanol–water partition coefficient (Wildman–Crippen LogP) is 0.339. The van der Waals surface area contributed by atoms with Gasteiger partial charge in [-0.3, -0.25) is 0 Å². The zero-order valence-electron chi connectivity index (χ0n) is 11.0. The first kappa shape index (κ1) is 13.6. The lowest BCUT2D eigenvalue weighted by Gasteiger charge is -2.16. The Balaban J connectivity index is 2.24. The molecule has 0 aliphatic heterocycles. The van der Waals surface area contributed by atoms with Crippen molar-refractivity contribution in [3.63, 3.8) is 0 Å². The molecule has 0 saturated carbocycles. The first-order chi connectivity index (χ1) is 8.91. The molecule has 0 unspecified atom stereocenters. The van der Waals surface area contributed by atoms with Crippen molar-refractivity contribution in [3.05, 3.63) is 35.7 Å². The van der Waals surface area contributed by atoms with Crippen LogP contribution in [0.5, 0.6) is 0 Å². The normalized spacial score (nSPS) is 12.0. The maximum absolute atomic E-state index is 12.3. The highest BCUT2D eigenvalue weighted by Crippen LogP contribution is 2.16. The molecule has 2 rings (SSSR count). The van der Waals surface area contributed by atoms with E-state index < -0.39 is 10.0 Å². The third-order valence-electron chi connectivity index (χ3n) is 2.80. The summed E-state index contributed by atoms with van der Waals surface area (Å²) in [6.45, 7) is 2.03. The molecule has 1 heterocycles. The summed E-state index contributed by atoms with van der Waals surface area (Å²) in [6.07, 6.45) is 0. The number of aryl methyl sites for hydroxylation is 2. The number of hydrogen-bond donors (Lipinski definition) is 0. The number of tetrazole rings is 1. The van der Waals surface area contributed by atoms with Crippen LogP contribution in [0, 0.1) is 6.92 Å². The van der Waals surface area contributed by atoms with Crippen LogP contribution in [0.25, 0.3) is 0 Å². The Kier molecular flexibility index (Phi) is 3.63. The Morgan fingerprint density at radius 3 is 2.42 bits per heavy atom. The zero-order chi connectivity index (χ0) is 14.0. The van der Waals surface area contributed by atoms with Crippen LogP contribution in [0.4, 0.5) is 0 Å². The molecule has 0 amide bonds. The predicted molar refractivity (Wildman–Crippen MR) is 68.6 cm³/mol. The van der Waals surface area contributed by atoms with Gasteiger partial charge in [0.2, 0.25) is 10.0 Å². The minimum absolute atomic E-state index is 0.125. The van der Waals surface area contributed by atoms with Crippen molar-refractivity contribution in [1.29, 1.82) is 0 Å². The molecule has 7 nitrogen and oxygen atoms in total. The maximum atomic E-state index is 12.3. The molecule has 19 heavy (non-hydrogen) atoms. The van der Waals surface area contributed by atoms with E-state index in [1.54, 1.807) is 31.3 Å². The van der Waals surface area contributed by atoms with E-state index in [0.29, 0.717) is 5.82 Å². The van der Waals surface area contributed by atoms with Crippen LogP contribution in [-0.2, 0) is 23.6 Å². The van der Waals surface area contributed by atoms with Crippen molar-refractivity contribution < 1.29 is 8.42 Å². The summed E-state index contributed by atoms with van der Waals surface area (Å²) in [5.41, 5.74) is 1.01. The van der Waals surface area contributed by atoms with Crippen molar-refractivity contribution in [3.8, 4) is 0 Å². The van der Waals surface area contributed by atoms with Gasteiger partial charge in [-0.1, -0.05) is 17.7 Å². The second kappa shape index (κ2) is 5.06. The van der Waals surface area contributed by atoms with Gasteiger partial charge < -0.3 is 0 Å². The monoisotopic (exact) mass is 281 g/mol. The molecule has 0 aliphatic rings.